The standard InChI is InChI=1S/C14H19NO2/c1-11-7-13-9-17-15(14(13)10-16-11)8-12-5-3-2-4-6-12/h2-6,11,13-14H,7-10H2,1H3/t11-,13-,14-/m1/s1. The number of ether oxygens (including phenoxy) is 1. The third-order valence-electron chi connectivity index (χ3n) is 3.74. The van der Waals surface area contributed by atoms with E-state index in [-0.39, 0.29) is 0 Å². The molecule has 3 rings (SSSR count). The van der Waals surface area contributed by atoms with Gasteiger partial charge in [0.25, 0.3) is 0 Å². The average Bonchev–Trinajstić information content (AvgIpc) is 2.73. The van der Waals surface area contributed by atoms with Crippen molar-refractivity contribution >= 4 is 0 Å². The van der Waals surface area contributed by atoms with Crippen molar-refractivity contribution in [3.8, 4) is 0 Å². The summed E-state index contributed by atoms with van der Waals surface area (Å²) >= 11 is 0. The number of hydrogen-bond donors (Lipinski definition) is 0. The number of benzene rings is 1. The van der Waals surface area contributed by atoms with Crippen LogP contribution in [-0.4, -0.2) is 30.4 Å². The van der Waals surface area contributed by atoms with Crippen molar-refractivity contribution in [2.45, 2.75) is 32.0 Å². The third-order valence-corrected chi connectivity index (χ3v) is 3.74. The summed E-state index contributed by atoms with van der Waals surface area (Å²) in [7, 11) is 0. The first-order valence-corrected chi connectivity index (χ1v) is 6.38. The second-order valence-corrected chi connectivity index (χ2v) is 5.06. The van der Waals surface area contributed by atoms with Gasteiger partial charge in [-0.25, -0.2) is 0 Å². The van der Waals surface area contributed by atoms with Gasteiger partial charge in [-0.1, -0.05) is 30.3 Å². The molecule has 1 aromatic rings. The fourth-order valence-electron chi connectivity index (χ4n) is 2.76. The molecule has 17 heavy (non-hydrogen) atoms. The lowest BCUT2D eigenvalue weighted by Crippen LogP contribution is -2.41. The normalized spacial score (nSPS) is 33.6. The minimum Gasteiger partial charge on any atom is -0.377 e. The Morgan fingerprint density at radius 1 is 1.24 bits per heavy atom. The third kappa shape index (κ3) is 2.37. The van der Waals surface area contributed by atoms with Crippen molar-refractivity contribution in [1.29, 1.82) is 0 Å². The van der Waals surface area contributed by atoms with Crippen LogP contribution in [0.25, 0.3) is 0 Å². The topological polar surface area (TPSA) is 21.7 Å². The molecule has 3 atom stereocenters. The van der Waals surface area contributed by atoms with Gasteiger partial charge >= 0.3 is 0 Å². The van der Waals surface area contributed by atoms with Gasteiger partial charge in [0.2, 0.25) is 0 Å². The van der Waals surface area contributed by atoms with Gasteiger partial charge in [0.1, 0.15) is 0 Å². The van der Waals surface area contributed by atoms with Crippen LogP contribution in [-0.2, 0) is 16.1 Å². The summed E-state index contributed by atoms with van der Waals surface area (Å²) in [5, 5.41) is 2.10. The molecule has 2 heterocycles. The van der Waals surface area contributed by atoms with Crippen LogP contribution in [0.5, 0.6) is 0 Å². The molecule has 2 fully saturated rings. The zero-order valence-electron chi connectivity index (χ0n) is 10.2. The van der Waals surface area contributed by atoms with E-state index in [2.05, 4.69) is 36.3 Å². The summed E-state index contributed by atoms with van der Waals surface area (Å²) in [5.74, 6) is 0.641. The number of hydrogen-bond acceptors (Lipinski definition) is 3. The molecule has 1 aromatic carbocycles. The smallest absolute Gasteiger partial charge is 0.0731 e. The van der Waals surface area contributed by atoms with Crippen LogP contribution in [0.15, 0.2) is 30.3 Å². The Kier molecular flexibility index (Phi) is 3.14. The van der Waals surface area contributed by atoms with E-state index in [0.717, 1.165) is 26.2 Å². The zero-order valence-corrected chi connectivity index (χ0v) is 10.2. The molecule has 2 aliphatic heterocycles. The lowest BCUT2D eigenvalue weighted by molar-refractivity contribution is -0.156. The molecule has 0 aromatic heterocycles. The minimum atomic E-state index is 0.386. The number of fused-ring (bicyclic) bond motifs is 1. The van der Waals surface area contributed by atoms with E-state index in [4.69, 9.17) is 9.57 Å². The molecule has 0 aliphatic carbocycles. The maximum Gasteiger partial charge on any atom is 0.0731 e. The molecule has 0 amide bonds. The highest BCUT2D eigenvalue weighted by atomic mass is 16.7. The average molecular weight is 233 g/mol. The summed E-state index contributed by atoms with van der Waals surface area (Å²) in [4.78, 5) is 5.81. The van der Waals surface area contributed by atoms with E-state index in [1.165, 1.54) is 5.56 Å². The fourth-order valence-corrected chi connectivity index (χ4v) is 2.76. The van der Waals surface area contributed by atoms with Crippen LogP contribution in [0.4, 0.5) is 0 Å². The molecule has 0 radical (unpaired) electrons. The molecule has 0 N–H and O–H groups in total. The molecule has 3 nitrogen and oxygen atoms in total. The first-order valence-electron chi connectivity index (χ1n) is 6.38. The molecule has 92 valence electrons. The maximum absolute atomic E-state index is 5.81. The van der Waals surface area contributed by atoms with Gasteiger partial charge in [-0.15, -0.1) is 0 Å². The largest absolute Gasteiger partial charge is 0.377 e. The first kappa shape index (κ1) is 11.2. The molecule has 2 aliphatic rings. The molecule has 0 spiro atoms. The van der Waals surface area contributed by atoms with Crippen molar-refractivity contribution in [3.63, 3.8) is 0 Å². The van der Waals surface area contributed by atoms with Crippen LogP contribution >= 0.6 is 0 Å². The van der Waals surface area contributed by atoms with E-state index in [1.54, 1.807) is 0 Å². The van der Waals surface area contributed by atoms with Crippen LogP contribution < -0.4 is 0 Å². The van der Waals surface area contributed by atoms with Gasteiger partial charge in [0, 0.05) is 12.5 Å². The van der Waals surface area contributed by atoms with Crippen molar-refractivity contribution in [2.24, 2.45) is 5.92 Å². The van der Waals surface area contributed by atoms with Crippen LogP contribution in [0.3, 0.4) is 0 Å². The van der Waals surface area contributed by atoms with Gasteiger partial charge in [-0.3, -0.25) is 4.84 Å². The molecule has 3 heteroatoms. The number of nitrogens with zero attached hydrogens (tertiary/aromatic N) is 1. The number of rotatable bonds is 2. The van der Waals surface area contributed by atoms with Crippen LogP contribution in [0.2, 0.25) is 0 Å². The summed E-state index contributed by atoms with van der Waals surface area (Å²) in [6.07, 6.45) is 1.51. The Bertz CT molecular complexity index is 368. The second kappa shape index (κ2) is 4.77. The minimum absolute atomic E-state index is 0.386. The highest BCUT2D eigenvalue weighted by Gasteiger charge is 2.39. The zero-order chi connectivity index (χ0) is 11.7. The lowest BCUT2D eigenvalue weighted by atomic mass is 9.93. The Balaban J connectivity index is 1.66. The highest BCUT2D eigenvalue weighted by molar-refractivity contribution is 5.14. The predicted octanol–water partition coefficient (Wildman–Crippen LogP) is 2.23. The van der Waals surface area contributed by atoms with Gasteiger partial charge in [0.05, 0.1) is 25.4 Å². The van der Waals surface area contributed by atoms with Gasteiger partial charge in [-0.05, 0) is 18.9 Å². The highest BCUT2D eigenvalue weighted by Crippen LogP contribution is 2.31. The summed E-state index contributed by atoms with van der Waals surface area (Å²) < 4.78 is 5.74. The molecule has 2 saturated heterocycles. The fraction of sp³-hybridized carbons (Fsp3) is 0.571. The predicted molar refractivity (Wildman–Crippen MR) is 65.2 cm³/mol. The van der Waals surface area contributed by atoms with Crippen molar-refractivity contribution in [2.75, 3.05) is 13.2 Å². The maximum atomic E-state index is 5.81. The Morgan fingerprint density at radius 3 is 2.88 bits per heavy atom. The molecular weight excluding hydrogens is 214 g/mol. The van der Waals surface area contributed by atoms with Gasteiger partial charge < -0.3 is 4.74 Å². The van der Waals surface area contributed by atoms with E-state index in [1.807, 2.05) is 6.07 Å². The summed E-state index contributed by atoms with van der Waals surface area (Å²) in [6.45, 7) is 4.67. The monoisotopic (exact) mass is 233 g/mol. The summed E-state index contributed by atoms with van der Waals surface area (Å²) in [6, 6.07) is 10.9. The molecular formula is C14H19NO2. The van der Waals surface area contributed by atoms with E-state index >= 15 is 0 Å². The SMILES string of the molecule is C[C@@H]1C[C@@H]2CON(Cc3ccccc3)[C@@H]2CO1. The van der Waals surface area contributed by atoms with Crippen molar-refractivity contribution in [3.05, 3.63) is 35.9 Å². The van der Waals surface area contributed by atoms with E-state index in [9.17, 15) is 0 Å². The second-order valence-electron chi connectivity index (χ2n) is 5.06. The van der Waals surface area contributed by atoms with Gasteiger partial charge in [-0.2, -0.15) is 5.06 Å². The Hall–Kier alpha value is -0.900. The molecule has 0 unspecified atom stereocenters. The van der Waals surface area contributed by atoms with Crippen molar-refractivity contribution in [1.82, 2.24) is 5.06 Å². The lowest BCUT2D eigenvalue weighted by Gasteiger charge is -2.32. The Morgan fingerprint density at radius 2 is 2.06 bits per heavy atom. The molecule has 0 bridgehead atoms. The van der Waals surface area contributed by atoms with E-state index < -0.39 is 0 Å². The van der Waals surface area contributed by atoms with Crippen LogP contribution in [0.1, 0.15) is 18.9 Å². The quantitative estimate of drug-likeness (QED) is 0.782. The summed E-state index contributed by atoms with van der Waals surface area (Å²) in [5.41, 5.74) is 1.30. The molecule has 0 saturated carbocycles. The van der Waals surface area contributed by atoms with Gasteiger partial charge in [0.15, 0.2) is 0 Å². The van der Waals surface area contributed by atoms with Crippen LogP contribution in [0, 0.1) is 5.92 Å². The van der Waals surface area contributed by atoms with E-state index in [0.29, 0.717) is 18.1 Å². The Labute approximate surface area is 102 Å². The van der Waals surface area contributed by atoms with Crippen molar-refractivity contribution < 1.29 is 9.57 Å². The first-order chi connectivity index (χ1) is 8.33. The number of hydroxylamine groups is 2.